The van der Waals surface area contributed by atoms with Gasteiger partial charge in [-0.3, -0.25) is 0 Å². The van der Waals surface area contributed by atoms with Gasteiger partial charge in [0.1, 0.15) is 0 Å². The maximum atomic E-state index is 8.77. The van der Waals surface area contributed by atoms with Crippen LogP contribution < -0.4 is 5.32 Å². The van der Waals surface area contributed by atoms with Gasteiger partial charge in [-0.1, -0.05) is 24.6 Å². The average molecular weight is 249 g/mol. The molecule has 1 aliphatic carbocycles. The van der Waals surface area contributed by atoms with Crippen molar-refractivity contribution in [1.29, 1.82) is 5.26 Å². The Bertz CT molecular complexity index is 439. The monoisotopic (exact) mass is 248 g/mol. The van der Waals surface area contributed by atoms with Crippen molar-refractivity contribution >= 4 is 11.6 Å². The third-order valence-electron chi connectivity index (χ3n) is 3.82. The fourth-order valence-corrected chi connectivity index (χ4v) is 2.55. The van der Waals surface area contributed by atoms with Crippen molar-refractivity contribution in [2.75, 3.05) is 0 Å². The molecule has 0 atom stereocenters. The summed E-state index contributed by atoms with van der Waals surface area (Å²) in [4.78, 5) is 0. The summed E-state index contributed by atoms with van der Waals surface area (Å²) >= 11 is 6.15. The largest absolute Gasteiger partial charge is 0.307 e. The zero-order valence-corrected chi connectivity index (χ0v) is 10.8. The molecule has 0 unspecified atom stereocenters. The highest BCUT2D eigenvalue weighted by Crippen LogP contribution is 2.35. The molecule has 1 aromatic carbocycles. The average Bonchev–Trinajstić information content (AvgIpc) is 2.30. The Balaban J connectivity index is 2.02. The van der Waals surface area contributed by atoms with E-state index in [0.29, 0.717) is 16.1 Å². The first-order valence-electron chi connectivity index (χ1n) is 6.13. The van der Waals surface area contributed by atoms with E-state index in [2.05, 4.69) is 18.3 Å². The molecule has 90 valence electrons. The molecule has 0 radical (unpaired) electrons. The van der Waals surface area contributed by atoms with Crippen molar-refractivity contribution in [3.05, 3.63) is 34.3 Å². The van der Waals surface area contributed by atoms with Crippen LogP contribution in [0.4, 0.5) is 0 Å². The first-order valence-corrected chi connectivity index (χ1v) is 6.50. The highest BCUT2D eigenvalue weighted by molar-refractivity contribution is 6.31. The van der Waals surface area contributed by atoms with Crippen molar-refractivity contribution in [2.24, 2.45) is 0 Å². The van der Waals surface area contributed by atoms with E-state index in [1.165, 1.54) is 25.7 Å². The highest BCUT2D eigenvalue weighted by Gasteiger charge is 2.34. The van der Waals surface area contributed by atoms with Crippen molar-refractivity contribution < 1.29 is 0 Å². The van der Waals surface area contributed by atoms with Crippen LogP contribution in [0.25, 0.3) is 0 Å². The van der Waals surface area contributed by atoms with Gasteiger partial charge in [0.25, 0.3) is 0 Å². The molecule has 17 heavy (non-hydrogen) atoms. The zero-order chi connectivity index (χ0) is 12.3. The van der Waals surface area contributed by atoms with Crippen molar-refractivity contribution in [3.8, 4) is 6.07 Å². The van der Waals surface area contributed by atoms with Crippen LogP contribution in [0, 0.1) is 11.3 Å². The lowest BCUT2D eigenvalue weighted by atomic mass is 9.75. The van der Waals surface area contributed by atoms with Gasteiger partial charge in [-0.2, -0.15) is 5.26 Å². The summed E-state index contributed by atoms with van der Waals surface area (Å²) in [7, 11) is 0. The SMILES string of the molecule is CCC1(NCc2ccc(C#N)cc2Cl)CCC1. The zero-order valence-electron chi connectivity index (χ0n) is 10.1. The number of nitriles is 1. The van der Waals surface area contributed by atoms with Crippen LogP contribution in [0.5, 0.6) is 0 Å². The second-order valence-electron chi connectivity index (χ2n) is 4.76. The molecule has 0 aromatic heterocycles. The quantitative estimate of drug-likeness (QED) is 0.883. The van der Waals surface area contributed by atoms with Crippen LogP contribution in [-0.2, 0) is 6.54 Å². The van der Waals surface area contributed by atoms with Crippen molar-refractivity contribution in [3.63, 3.8) is 0 Å². The van der Waals surface area contributed by atoms with Gasteiger partial charge in [0.05, 0.1) is 11.6 Å². The van der Waals surface area contributed by atoms with E-state index in [9.17, 15) is 0 Å². The molecule has 1 aliphatic rings. The molecule has 2 rings (SSSR count). The molecule has 0 spiro atoms. The third kappa shape index (κ3) is 2.62. The van der Waals surface area contributed by atoms with Gasteiger partial charge >= 0.3 is 0 Å². The fourth-order valence-electron chi connectivity index (χ4n) is 2.30. The number of nitrogens with zero attached hydrogens (tertiary/aromatic N) is 1. The molecule has 1 saturated carbocycles. The van der Waals surface area contributed by atoms with E-state index >= 15 is 0 Å². The van der Waals surface area contributed by atoms with Crippen LogP contribution in [0.3, 0.4) is 0 Å². The summed E-state index contributed by atoms with van der Waals surface area (Å²) in [6, 6.07) is 7.59. The molecule has 3 heteroatoms. The summed E-state index contributed by atoms with van der Waals surface area (Å²) in [5.41, 5.74) is 2.02. The van der Waals surface area contributed by atoms with E-state index in [4.69, 9.17) is 16.9 Å². The van der Waals surface area contributed by atoms with Gasteiger partial charge in [-0.15, -0.1) is 0 Å². The Labute approximate surface area is 108 Å². The third-order valence-corrected chi connectivity index (χ3v) is 4.18. The van der Waals surface area contributed by atoms with Crippen LogP contribution in [0.2, 0.25) is 5.02 Å². The van der Waals surface area contributed by atoms with Crippen molar-refractivity contribution in [1.82, 2.24) is 5.32 Å². The van der Waals surface area contributed by atoms with E-state index in [-0.39, 0.29) is 0 Å². The topological polar surface area (TPSA) is 35.8 Å². The summed E-state index contributed by atoms with van der Waals surface area (Å²) in [5.74, 6) is 0. The van der Waals surface area contributed by atoms with Gasteiger partial charge in [0.2, 0.25) is 0 Å². The Morgan fingerprint density at radius 3 is 2.71 bits per heavy atom. The molecule has 0 heterocycles. The minimum Gasteiger partial charge on any atom is -0.307 e. The summed E-state index contributed by atoms with van der Waals surface area (Å²) in [6.07, 6.45) is 5.01. The van der Waals surface area contributed by atoms with Gasteiger partial charge in [0.15, 0.2) is 0 Å². The minimum absolute atomic E-state index is 0.331. The first-order chi connectivity index (χ1) is 8.19. The Morgan fingerprint density at radius 2 is 2.24 bits per heavy atom. The van der Waals surface area contributed by atoms with E-state index in [1.807, 2.05) is 12.1 Å². The van der Waals surface area contributed by atoms with Crippen LogP contribution in [0.15, 0.2) is 18.2 Å². The molecule has 2 nitrogen and oxygen atoms in total. The summed E-state index contributed by atoms with van der Waals surface area (Å²) in [6.45, 7) is 3.02. The molecule has 0 bridgehead atoms. The molecule has 0 aliphatic heterocycles. The van der Waals surface area contributed by atoms with Crippen LogP contribution in [0.1, 0.15) is 43.7 Å². The Kier molecular flexibility index (Phi) is 3.71. The molecule has 0 amide bonds. The van der Waals surface area contributed by atoms with Crippen LogP contribution >= 0.6 is 11.6 Å². The molecular weight excluding hydrogens is 232 g/mol. The predicted octanol–water partition coefficient (Wildman–Crippen LogP) is 3.63. The smallest absolute Gasteiger partial charge is 0.0992 e. The maximum absolute atomic E-state index is 8.77. The molecular formula is C14H17ClN2. The lowest BCUT2D eigenvalue weighted by molar-refractivity contribution is 0.175. The maximum Gasteiger partial charge on any atom is 0.0992 e. The fraction of sp³-hybridized carbons (Fsp3) is 0.500. The number of hydrogen-bond donors (Lipinski definition) is 1. The van der Waals surface area contributed by atoms with Crippen molar-refractivity contribution in [2.45, 2.75) is 44.7 Å². The van der Waals surface area contributed by atoms with E-state index in [0.717, 1.165) is 12.1 Å². The highest BCUT2D eigenvalue weighted by atomic mass is 35.5. The Morgan fingerprint density at radius 1 is 1.47 bits per heavy atom. The van der Waals surface area contributed by atoms with Gasteiger partial charge < -0.3 is 5.32 Å². The second-order valence-corrected chi connectivity index (χ2v) is 5.17. The van der Waals surface area contributed by atoms with E-state index < -0.39 is 0 Å². The molecule has 1 aromatic rings. The lowest BCUT2D eigenvalue weighted by Gasteiger charge is -2.42. The second kappa shape index (κ2) is 5.08. The van der Waals surface area contributed by atoms with Gasteiger partial charge in [0, 0.05) is 17.1 Å². The standard InChI is InChI=1S/C14H17ClN2/c1-2-14(6-3-7-14)17-10-12-5-4-11(9-16)8-13(12)15/h4-5,8,17H,2-3,6-7,10H2,1H3. The number of halogens is 1. The number of nitrogens with one attached hydrogen (secondary N) is 1. The number of benzene rings is 1. The van der Waals surface area contributed by atoms with Crippen LogP contribution in [-0.4, -0.2) is 5.54 Å². The summed E-state index contributed by atoms with van der Waals surface area (Å²) < 4.78 is 0. The normalized spacial score (nSPS) is 17.2. The predicted molar refractivity (Wildman–Crippen MR) is 69.9 cm³/mol. The van der Waals surface area contributed by atoms with E-state index in [1.54, 1.807) is 6.07 Å². The lowest BCUT2D eigenvalue weighted by Crippen LogP contribution is -2.49. The van der Waals surface area contributed by atoms with Gasteiger partial charge in [-0.05, 0) is 43.4 Å². The first kappa shape index (κ1) is 12.4. The minimum atomic E-state index is 0.331. The summed E-state index contributed by atoms with van der Waals surface area (Å²) in [5, 5.41) is 13.1. The van der Waals surface area contributed by atoms with Gasteiger partial charge in [-0.25, -0.2) is 0 Å². The number of rotatable bonds is 4. The number of hydrogen-bond acceptors (Lipinski definition) is 2. The molecule has 1 N–H and O–H groups in total. The Hall–Kier alpha value is -1.04. The molecule has 0 saturated heterocycles. The molecule has 1 fully saturated rings.